The lowest BCUT2D eigenvalue weighted by Crippen LogP contribution is -2.15. The van der Waals surface area contributed by atoms with Crippen LogP contribution in [0, 0.1) is 0 Å². The molecule has 0 spiro atoms. The van der Waals surface area contributed by atoms with E-state index in [0.29, 0.717) is 33.5 Å². The van der Waals surface area contributed by atoms with Gasteiger partial charge in [0.25, 0.3) is 0 Å². The zero-order valence-corrected chi connectivity index (χ0v) is 20.4. The molecule has 35 heavy (non-hydrogen) atoms. The maximum atomic E-state index is 12.8. The molecule has 1 amide bonds. The van der Waals surface area contributed by atoms with Crippen molar-refractivity contribution in [1.29, 1.82) is 0 Å². The molecule has 3 heterocycles. The number of hydrogen-bond donors (Lipinski definition) is 1. The number of esters is 1. The third kappa shape index (κ3) is 5.72. The van der Waals surface area contributed by atoms with Crippen molar-refractivity contribution in [3.63, 3.8) is 0 Å². The Kier molecular flexibility index (Phi) is 7.51. The van der Waals surface area contributed by atoms with E-state index in [4.69, 9.17) is 9.47 Å². The van der Waals surface area contributed by atoms with Crippen LogP contribution in [0.5, 0.6) is 5.75 Å². The van der Waals surface area contributed by atoms with Gasteiger partial charge in [0.2, 0.25) is 5.91 Å². The molecule has 0 aliphatic heterocycles. The molecule has 3 aromatic heterocycles. The molecule has 0 saturated heterocycles. The van der Waals surface area contributed by atoms with Gasteiger partial charge in [0.05, 0.1) is 36.8 Å². The first-order valence-corrected chi connectivity index (χ1v) is 11.9. The van der Waals surface area contributed by atoms with Crippen LogP contribution in [0.25, 0.3) is 5.82 Å². The molecule has 0 bridgehead atoms. The van der Waals surface area contributed by atoms with E-state index in [1.807, 2.05) is 44.2 Å². The Morgan fingerprint density at radius 3 is 2.69 bits per heavy atom. The summed E-state index contributed by atoms with van der Waals surface area (Å²) < 4.78 is 12.4. The molecule has 0 fully saturated rings. The summed E-state index contributed by atoms with van der Waals surface area (Å²) in [4.78, 5) is 34.0. The first-order chi connectivity index (χ1) is 17.0. The molecule has 0 aliphatic rings. The highest BCUT2D eigenvalue weighted by Crippen LogP contribution is 2.25. The van der Waals surface area contributed by atoms with Crippen molar-refractivity contribution in [3.8, 4) is 11.6 Å². The van der Waals surface area contributed by atoms with Crippen LogP contribution in [0.15, 0.2) is 60.2 Å². The van der Waals surface area contributed by atoms with E-state index >= 15 is 0 Å². The summed E-state index contributed by atoms with van der Waals surface area (Å²) in [6.07, 6.45) is 3.28. The molecule has 4 aromatic rings. The van der Waals surface area contributed by atoms with Crippen molar-refractivity contribution in [2.45, 2.75) is 32.8 Å². The summed E-state index contributed by atoms with van der Waals surface area (Å²) in [5, 5.41) is 9.58. The number of benzene rings is 1. The van der Waals surface area contributed by atoms with E-state index in [9.17, 15) is 9.59 Å². The lowest BCUT2D eigenvalue weighted by Gasteiger charge is -2.11. The predicted molar refractivity (Wildman–Crippen MR) is 132 cm³/mol. The summed E-state index contributed by atoms with van der Waals surface area (Å²) >= 11 is 1.34. The molecule has 9 nitrogen and oxygen atoms in total. The summed E-state index contributed by atoms with van der Waals surface area (Å²) in [6, 6.07) is 12.7. The van der Waals surface area contributed by atoms with E-state index in [1.54, 1.807) is 35.5 Å². The van der Waals surface area contributed by atoms with Gasteiger partial charge in [0.1, 0.15) is 22.9 Å². The van der Waals surface area contributed by atoms with E-state index in [2.05, 4.69) is 20.4 Å². The fourth-order valence-electron chi connectivity index (χ4n) is 3.53. The van der Waals surface area contributed by atoms with Gasteiger partial charge in [0, 0.05) is 11.6 Å². The molecule has 0 radical (unpaired) electrons. The van der Waals surface area contributed by atoms with Crippen LogP contribution >= 0.6 is 11.3 Å². The number of nitrogens with zero attached hydrogens (tertiary/aromatic N) is 4. The molecule has 0 aliphatic carbocycles. The minimum absolute atomic E-state index is 0.00420. The van der Waals surface area contributed by atoms with Crippen molar-refractivity contribution in [2.75, 3.05) is 12.4 Å². The number of carbonyl (C=O) groups is 2. The Morgan fingerprint density at radius 2 is 1.94 bits per heavy atom. The Balaban J connectivity index is 1.38. The molecule has 1 N–H and O–H groups in total. The number of rotatable bonds is 9. The van der Waals surface area contributed by atoms with Gasteiger partial charge in [-0.1, -0.05) is 32.0 Å². The number of carbonyl (C=O) groups excluding carboxylic acids is 2. The van der Waals surface area contributed by atoms with Crippen molar-refractivity contribution >= 4 is 28.9 Å². The average Bonchev–Trinajstić information content (AvgIpc) is 3.51. The first-order valence-electron chi connectivity index (χ1n) is 11.0. The molecule has 0 unspecified atom stereocenters. The van der Waals surface area contributed by atoms with E-state index in [0.717, 1.165) is 5.69 Å². The lowest BCUT2D eigenvalue weighted by molar-refractivity contribution is -0.115. The fraction of sp³-hybridized carbons (Fsp3) is 0.240. The normalized spacial score (nSPS) is 10.9. The SMILES string of the molecule is COc1ccccc1NC(=O)Cc1nc(COC(=O)c2cnn(-c3ccccn3)c2C(C)C)cs1. The molecule has 0 atom stereocenters. The summed E-state index contributed by atoms with van der Waals surface area (Å²) in [5.74, 6) is 0.537. The lowest BCUT2D eigenvalue weighted by atomic mass is 10.1. The second-order valence-corrected chi connectivity index (χ2v) is 8.87. The second kappa shape index (κ2) is 10.9. The Bertz CT molecular complexity index is 1320. The minimum Gasteiger partial charge on any atom is -0.495 e. The number of methoxy groups -OCH3 is 1. The second-order valence-electron chi connectivity index (χ2n) is 7.93. The summed E-state index contributed by atoms with van der Waals surface area (Å²) in [7, 11) is 1.55. The maximum Gasteiger partial charge on any atom is 0.342 e. The summed E-state index contributed by atoms with van der Waals surface area (Å²) in [6.45, 7) is 3.96. The number of hydrogen-bond acceptors (Lipinski definition) is 8. The van der Waals surface area contributed by atoms with Gasteiger partial charge in [-0.15, -0.1) is 11.3 Å². The fourth-order valence-corrected chi connectivity index (χ4v) is 4.30. The predicted octanol–water partition coefficient (Wildman–Crippen LogP) is 4.39. The van der Waals surface area contributed by atoms with Gasteiger partial charge in [-0.2, -0.15) is 5.10 Å². The van der Waals surface area contributed by atoms with Crippen LogP contribution in [0.3, 0.4) is 0 Å². The number of pyridine rings is 1. The minimum atomic E-state index is -0.487. The summed E-state index contributed by atoms with van der Waals surface area (Å²) in [5.41, 5.74) is 2.28. The zero-order chi connectivity index (χ0) is 24.8. The van der Waals surface area contributed by atoms with Crippen LogP contribution in [0.1, 0.15) is 46.5 Å². The third-order valence-electron chi connectivity index (χ3n) is 5.08. The number of ether oxygens (including phenoxy) is 2. The number of aromatic nitrogens is 4. The van der Waals surface area contributed by atoms with Crippen molar-refractivity contribution in [3.05, 3.63) is 82.2 Å². The van der Waals surface area contributed by atoms with Crippen molar-refractivity contribution < 1.29 is 19.1 Å². The van der Waals surface area contributed by atoms with E-state index < -0.39 is 5.97 Å². The monoisotopic (exact) mass is 491 g/mol. The van der Waals surface area contributed by atoms with Gasteiger partial charge < -0.3 is 14.8 Å². The smallest absolute Gasteiger partial charge is 0.342 e. The van der Waals surface area contributed by atoms with Crippen LogP contribution in [0.2, 0.25) is 0 Å². The van der Waals surface area contributed by atoms with Crippen LogP contribution in [-0.2, 0) is 22.6 Å². The Morgan fingerprint density at radius 1 is 1.14 bits per heavy atom. The topological polar surface area (TPSA) is 108 Å². The highest BCUT2D eigenvalue weighted by molar-refractivity contribution is 7.09. The molecule has 10 heteroatoms. The van der Waals surface area contributed by atoms with Crippen molar-refractivity contribution in [1.82, 2.24) is 19.7 Å². The number of amides is 1. The van der Waals surface area contributed by atoms with Gasteiger partial charge >= 0.3 is 5.97 Å². The highest BCUT2D eigenvalue weighted by atomic mass is 32.1. The molecule has 1 aromatic carbocycles. The maximum absolute atomic E-state index is 12.8. The van der Waals surface area contributed by atoms with Gasteiger partial charge in [-0.05, 0) is 30.2 Å². The number of nitrogens with one attached hydrogen (secondary N) is 1. The molecule has 4 rings (SSSR count). The van der Waals surface area contributed by atoms with Gasteiger partial charge in [0.15, 0.2) is 5.82 Å². The standard InChI is InChI=1S/C25H25N5O4S/c1-16(2)24-18(13-27-30(24)21-10-6-7-11-26-21)25(32)34-14-17-15-35-23(28-17)12-22(31)29-19-8-4-5-9-20(19)33-3/h4-11,13,15-16H,12,14H2,1-3H3,(H,29,31). The number of thiazole rings is 1. The van der Waals surface area contributed by atoms with E-state index in [1.165, 1.54) is 17.5 Å². The zero-order valence-electron chi connectivity index (χ0n) is 19.6. The molecule has 0 saturated carbocycles. The third-order valence-corrected chi connectivity index (χ3v) is 5.98. The first kappa shape index (κ1) is 24.1. The molecular formula is C25H25N5O4S. The van der Waals surface area contributed by atoms with Crippen LogP contribution in [-0.4, -0.2) is 38.7 Å². The van der Waals surface area contributed by atoms with Crippen LogP contribution in [0.4, 0.5) is 5.69 Å². The van der Waals surface area contributed by atoms with Crippen molar-refractivity contribution in [2.24, 2.45) is 0 Å². The van der Waals surface area contributed by atoms with Gasteiger partial charge in [-0.3, -0.25) is 4.79 Å². The highest BCUT2D eigenvalue weighted by Gasteiger charge is 2.23. The Labute approximate surface area is 206 Å². The average molecular weight is 492 g/mol. The quantitative estimate of drug-likeness (QED) is 0.346. The number of anilines is 1. The Hall–Kier alpha value is -4.05. The van der Waals surface area contributed by atoms with E-state index in [-0.39, 0.29) is 24.9 Å². The molecule has 180 valence electrons. The number of para-hydroxylation sites is 2. The van der Waals surface area contributed by atoms with Gasteiger partial charge in [-0.25, -0.2) is 19.4 Å². The molecular weight excluding hydrogens is 466 g/mol. The van der Waals surface area contributed by atoms with Crippen LogP contribution < -0.4 is 10.1 Å². The largest absolute Gasteiger partial charge is 0.495 e.